The Kier molecular flexibility index (Phi) is 4.76. The maximum absolute atomic E-state index is 5.86. The lowest BCUT2D eigenvalue weighted by Crippen LogP contribution is -2.26. The fourth-order valence-corrected chi connectivity index (χ4v) is 3.09. The molecule has 0 saturated carbocycles. The minimum absolute atomic E-state index is 0.293. The molecule has 1 saturated heterocycles. The summed E-state index contributed by atoms with van der Waals surface area (Å²) < 4.78 is 5.86. The second-order valence-corrected chi connectivity index (χ2v) is 6.02. The first-order chi connectivity index (χ1) is 9.48. The summed E-state index contributed by atoms with van der Waals surface area (Å²) in [7, 11) is 0. The quantitative estimate of drug-likeness (QED) is 0.899. The van der Waals surface area contributed by atoms with Crippen LogP contribution in [0.25, 0.3) is 0 Å². The van der Waals surface area contributed by atoms with Crippen LogP contribution < -0.4 is 5.32 Å². The lowest BCUT2D eigenvalue weighted by atomic mass is 9.96. The number of nitrogens with one attached hydrogen (secondary N) is 1. The third-order valence-electron chi connectivity index (χ3n) is 4.21. The summed E-state index contributed by atoms with van der Waals surface area (Å²) >= 11 is 0. The van der Waals surface area contributed by atoms with E-state index in [0.717, 1.165) is 49.8 Å². The van der Waals surface area contributed by atoms with Crippen LogP contribution in [0.5, 0.6) is 0 Å². The van der Waals surface area contributed by atoms with Crippen molar-refractivity contribution in [1.82, 2.24) is 15.3 Å². The number of ether oxygens (including phenoxy) is 1. The summed E-state index contributed by atoms with van der Waals surface area (Å²) in [5.41, 5.74) is 3.17. The van der Waals surface area contributed by atoms with E-state index in [1.54, 1.807) is 0 Å². The SMILES string of the molecule is CCNCC(C)c1c(C)nc(C2(C)CCCO2)nc1C. The molecule has 0 aliphatic carbocycles. The molecule has 1 aromatic heterocycles. The number of hydrogen-bond acceptors (Lipinski definition) is 4. The van der Waals surface area contributed by atoms with Gasteiger partial charge >= 0.3 is 0 Å². The van der Waals surface area contributed by atoms with E-state index in [1.165, 1.54) is 5.56 Å². The monoisotopic (exact) mass is 277 g/mol. The maximum atomic E-state index is 5.86. The molecule has 2 rings (SSSR count). The van der Waals surface area contributed by atoms with Gasteiger partial charge in [-0.05, 0) is 51.6 Å². The largest absolute Gasteiger partial charge is 0.367 e. The average Bonchev–Trinajstić information content (AvgIpc) is 2.83. The molecule has 20 heavy (non-hydrogen) atoms. The molecule has 112 valence electrons. The molecular formula is C16H27N3O. The smallest absolute Gasteiger partial charge is 0.160 e. The Hall–Kier alpha value is -1.00. The minimum atomic E-state index is -0.293. The molecule has 0 amide bonds. The van der Waals surface area contributed by atoms with Gasteiger partial charge in [0, 0.05) is 24.5 Å². The number of hydrogen-bond donors (Lipinski definition) is 1. The van der Waals surface area contributed by atoms with Crippen LogP contribution in [-0.2, 0) is 10.3 Å². The van der Waals surface area contributed by atoms with Gasteiger partial charge in [0.25, 0.3) is 0 Å². The predicted octanol–water partition coefficient (Wildman–Crippen LogP) is 2.83. The highest BCUT2D eigenvalue weighted by atomic mass is 16.5. The van der Waals surface area contributed by atoms with Crippen molar-refractivity contribution in [2.45, 2.75) is 59.0 Å². The van der Waals surface area contributed by atoms with Gasteiger partial charge in [0.1, 0.15) is 5.60 Å². The standard InChI is InChI=1S/C16H27N3O/c1-6-17-10-11(2)14-12(3)18-15(19-13(14)4)16(5)8-7-9-20-16/h11,17H,6-10H2,1-5H3. The number of likely N-dealkylation sites (N-methyl/N-ethyl adjacent to an activating group) is 1. The van der Waals surface area contributed by atoms with Crippen LogP contribution in [-0.4, -0.2) is 29.7 Å². The van der Waals surface area contributed by atoms with Crippen LogP contribution in [0.1, 0.15) is 62.3 Å². The van der Waals surface area contributed by atoms with Crippen molar-refractivity contribution in [3.8, 4) is 0 Å². The molecule has 0 radical (unpaired) electrons. The number of aryl methyl sites for hydroxylation is 2. The molecule has 2 heterocycles. The minimum Gasteiger partial charge on any atom is -0.367 e. The van der Waals surface area contributed by atoms with Crippen LogP contribution >= 0.6 is 0 Å². The Balaban J connectivity index is 2.29. The van der Waals surface area contributed by atoms with E-state index >= 15 is 0 Å². The molecule has 4 heteroatoms. The Morgan fingerprint density at radius 3 is 2.45 bits per heavy atom. The van der Waals surface area contributed by atoms with Gasteiger partial charge in [-0.15, -0.1) is 0 Å². The van der Waals surface area contributed by atoms with E-state index < -0.39 is 0 Å². The molecular weight excluding hydrogens is 250 g/mol. The molecule has 4 nitrogen and oxygen atoms in total. The third-order valence-corrected chi connectivity index (χ3v) is 4.21. The fourth-order valence-electron chi connectivity index (χ4n) is 3.09. The van der Waals surface area contributed by atoms with Gasteiger partial charge < -0.3 is 10.1 Å². The fraction of sp³-hybridized carbons (Fsp3) is 0.750. The summed E-state index contributed by atoms with van der Waals surface area (Å²) in [6.45, 7) is 13.4. The van der Waals surface area contributed by atoms with Crippen LogP contribution in [0.15, 0.2) is 0 Å². The molecule has 0 bridgehead atoms. The van der Waals surface area contributed by atoms with E-state index in [4.69, 9.17) is 14.7 Å². The van der Waals surface area contributed by atoms with E-state index in [-0.39, 0.29) is 5.60 Å². The second kappa shape index (κ2) is 6.19. The van der Waals surface area contributed by atoms with Gasteiger partial charge in [-0.1, -0.05) is 13.8 Å². The van der Waals surface area contributed by atoms with Crippen LogP contribution in [0.4, 0.5) is 0 Å². The van der Waals surface area contributed by atoms with Crippen molar-refractivity contribution in [1.29, 1.82) is 0 Å². The second-order valence-electron chi connectivity index (χ2n) is 6.02. The Labute approximate surface area is 122 Å². The van der Waals surface area contributed by atoms with Crippen molar-refractivity contribution < 1.29 is 4.74 Å². The van der Waals surface area contributed by atoms with Crippen molar-refractivity contribution in [3.05, 3.63) is 22.8 Å². The molecule has 2 atom stereocenters. The van der Waals surface area contributed by atoms with Gasteiger partial charge in [0.15, 0.2) is 5.82 Å². The third kappa shape index (κ3) is 3.01. The van der Waals surface area contributed by atoms with Crippen LogP contribution in [0, 0.1) is 13.8 Å². The lowest BCUT2D eigenvalue weighted by Gasteiger charge is -2.24. The Morgan fingerprint density at radius 2 is 1.95 bits per heavy atom. The van der Waals surface area contributed by atoms with Crippen molar-refractivity contribution >= 4 is 0 Å². The molecule has 0 aromatic carbocycles. The highest BCUT2D eigenvalue weighted by Crippen LogP contribution is 2.34. The van der Waals surface area contributed by atoms with E-state index in [1.807, 2.05) is 0 Å². The first kappa shape index (κ1) is 15.4. The van der Waals surface area contributed by atoms with E-state index in [9.17, 15) is 0 Å². The lowest BCUT2D eigenvalue weighted by molar-refractivity contribution is 0.00900. The zero-order valence-electron chi connectivity index (χ0n) is 13.4. The molecule has 2 unspecified atom stereocenters. The molecule has 1 aromatic rings. The maximum Gasteiger partial charge on any atom is 0.160 e. The molecule has 1 N–H and O–H groups in total. The Morgan fingerprint density at radius 1 is 1.30 bits per heavy atom. The summed E-state index contributed by atoms with van der Waals surface area (Å²) in [5, 5.41) is 3.40. The van der Waals surface area contributed by atoms with Crippen molar-refractivity contribution in [2.75, 3.05) is 19.7 Å². The molecule has 1 aliphatic rings. The van der Waals surface area contributed by atoms with E-state index in [0.29, 0.717) is 5.92 Å². The summed E-state index contributed by atoms with van der Waals surface area (Å²) in [5.74, 6) is 1.28. The summed E-state index contributed by atoms with van der Waals surface area (Å²) in [6, 6.07) is 0. The van der Waals surface area contributed by atoms with Gasteiger partial charge in [-0.2, -0.15) is 0 Å². The van der Waals surface area contributed by atoms with Gasteiger partial charge in [-0.25, -0.2) is 9.97 Å². The average molecular weight is 277 g/mol. The number of rotatable bonds is 5. The summed E-state index contributed by atoms with van der Waals surface area (Å²) in [4.78, 5) is 9.51. The summed E-state index contributed by atoms with van der Waals surface area (Å²) in [6.07, 6.45) is 2.11. The van der Waals surface area contributed by atoms with Crippen LogP contribution in [0.2, 0.25) is 0 Å². The topological polar surface area (TPSA) is 47.0 Å². The zero-order valence-corrected chi connectivity index (χ0v) is 13.4. The van der Waals surface area contributed by atoms with Crippen LogP contribution in [0.3, 0.4) is 0 Å². The zero-order chi connectivity index (χ0) is 14.8. The highest BCUT2D eigenvalue weighted by molar-refractivity contribution is 5.29. The van der Waals surface area contributed by atoms with Crippen molar-refractivity contribution in [2.24, 2.45) is 0 Å². The molecule has 1 fully saturated rings. The van der Waals surface area contributed by atoms with Crippen molar-refractivity contribution in [3.63, 3.8) is 0 Å². The van der Waals surface area contributed by atoms with Gasteiger partial charge in [0.05, 0.1) is 0 Å². The van der Waals surface area contributed by atoms with Gasteiger partial charge in [-0.3, -0.25) is 0 Å². The molecule has 0 spiro atoms. The normalized spacial score (nSPS) is 24.1. The van der Waals surface area contributed by atoms with E-state index in [2.05, 4.69) is 39.9 Å². The highest BCUT2D eigenvalue weighted by Gasteiger charge is 2.35. The first-order valence-electron chi connectivity index (χ1n) is 7.68. The Bertz CT molecular complexity index is 444. The predicted molar refractivity (Wildman–Crippen MR) is 81.0 cm³/mol. The van der Waals surface area contributed by atoms with Gasteiger partial charge in [0.2, 0.25) is 0 Å². The molecule has 1 aliphatic heterocycles. The number of aromatic nitrogens is 2. The number of nitrogens with zero attached hydrogens (tertiary/aromatic N) is 2. The first-order valence-corrected chi connectivity index (χ1v) is 7.68.